The van der Waals surface area contributed by atoms with Crippen molar-refractivity contribution in [2.24, 2.45) is 5.92 Å². The number of sulfonamides is 1. The summed E-state index contributed by atoms with van der Waals surface area (Å²) in [5, 5.41) is 5.32. The molecular weight excluding hydrogens is 529 g/mol. The average molecular weight is 556 g/mol. The van der Waals surface area contributed by atoms with Crippen LogP contribution in [0.15, 0.2) is 47.4 Å². The first-order valence-electron chi connectivity index (χ1n) is 11.4. The maximum atomic E-state index is 12.4. The van der Waals surface area contributed by atoms with Gasteiger partial charge in [-0.15, -0.1) is 0 Å². The number of urea groups is 1. The number of nitrogens with one attached hydrogen (secondary N) is 3. The molecule has 12 heteroatoms. The summed E-state index contributed by atoms with van der Waals surface area (Å²) in [7, 11) is -3.83. The van der Waals surface area contributed by atoms with Crippen molar-refractivity contribution < 1.29 is 27.5 Å². The molecule has 2 aromatic rings. The van der Waals surface area contributed by atoms with Crippen molar-refractivity contribution in [2.45, 2.75) is 50.1 Å². The van der Waals surface area contributed by atoms with Gasteiger partial charge in [0.2, 0.25) is 10.0 Å². The zero-order valence-electron chi connectivity index (χ0n) is 19.6. The van der Waals surface area contributed by atoms with Crippen LogP contribution in [0, 0.1) is 5.92 Å². The van der Waals surface area contributed by atoms with Crippen LogP contribution in [0.1, 0.15) is 48.5 Å². The number of esters is 1. The molecule has 1 aliphatic rings. The summed E-state index contributed by atoms with van der Waals surface area (Å²) in [4.78, 5) is 36.2. The van der Waals surface area contributed by atoms with Gasteiger partial charge in [0.15, 0.2) is 6.61 Å². The van der Waals surface area contributed by atoms with E-state index in [0.29, 0.717) is 11.5 Å². The van der Waals surface area contributed by atoms with Gasteiger partial charge in [-0.05, 0) is 54.7 Å². The quantitative estimate of drug-likeness (QED) is 0.421. The Morgan fingerprint density at radius 2 is 1.69 bits per heavy atom. The lowest BCUT2D eigenvalue weighted by Crippen LogP contribution is -2.48. The summed E-state index contributed by atoms with van der Waals surface area (Å²) in [6, 6.07) is 9.37. The van der Waals surface area contributed by atoms with Gasteiger partial charge in [0, 0.05) is 12.6 Å². The van der Waals surface area contributed by atoms with Gasteiger partial charge in [-0.3, -0.25) is 10.1 Å². The van der Waals surface area contributed by atoms with Crippen LogP contribution in [-0.4, -0.2) is 39.0 Å². The normalized spacial score (nSPS) is 17.8. The third-order valence-electron chi connectivity index (χ3n) is 5.87. The van der Waals surface area contributed by atoms with Gasteiger partial charge in [0.25, 0.3) is 5.91 Å². The molecule has 1 fully saturated rings. The number of carbonyl (C=O) groups is 3. The summed E-state index contributed by atoms with van der Waals surface area (Å²) in [6.45, 7) is 1.41. The average Bonchev–Trinajstić information content (AvgIpc) is 2.84. The monoisotopic (exact) mass is 555 g/mol. The fourth-order valence-electron chi connectivity index (χ4n) is 3.78. The molecule has 0 aliphatic heterocycles. The molecule has 1 saturated carbocycles. The van der Waals surface area contributed by atoms with E-state index >= 15 is 0 Å². The lowest BCUT2D eigenvalue weighted by atomic mass is 9.86. The van der Waals surface area contributed by atoms with Crippen LogP contribution >= 0.6 is 23.2 Å². The first kappa shape index (κ1) is 27.9. The van der Waals surface area contributed by atoms with E-state index in [1.54, 1.807) is 12.1 Å². The van der Waals surface area contributed by atoms with Crippen LogP contribution in [0.3, 0.4) is 0 Å². The van der Waals surface area contributed by atoms with Crippen molar-refractivity contribution in [3.05, 3.63) is 63.6 Å². The second-order valence-corrected chi connectivity index (χ2v) is 11.1. The highest BCUT2D eigenvalue weighted by Gasteiger charge is 2.23. The van der Waals surface area contributed by atoms with Gasteiger partial charge >= 0.3 is 12.0 Å². The number of halogens is 2. The Hall–Kier alpha value is -2.66. The molecule has 0 bridgehead atoms. The standard InChI is InChI=1S/C24H27Cl2N3O6S/c1-15-4-2-3-5-21(15)28-24(32)29-22(30)14-35-23(31)17-8-6-16(7-9-17)13-27-36(33,34)18-10-11-19(25)20(26)12-18/h6-12,15,21,27H,2-5,13-14H2,1H3,(H2,28,29,30,32)/t15-,21-/m1/s1. The summed E-state index contributed by atoms with van der Waals surface area (Å²) >= 11 is 11.7. The molecule has 3 amide bonds. The van der Waals surface area contributed by atoms with Crippen LogP contribution in [-0.2, 0) is 26.1 Å². The molecule has 36 heavy (non-hydrogen) atoms. The lowest BCUT2D eigenvalue weighted by Gasteiger charge is -2.29. The van der Waals surface area contributed by atoms with Crippen LogP contribution in [0.5, 0.6) is 0 Å². The number of benzene rings is 2. The zero-order valence-corrected chi connectivity index (χ0v) is 21.9. The van der Waals surface area contributed by atoms with E-state index in [0.717, 1.165) is 25.7 Å². The fraction of sp³-hybridized carbons (Fsp3) is 0.375. The molecular formula is C24H27Cl2N3O6S. The molecule has 2 aromatic carbocycles. The van der Waals surface area contributed by atoms with Crippen molar-refractivity contribution in [3.8, 4) is 0 Å². The molecule has 0 radical (unpaired) electrons. The molecule has 0 aromatic heterocycles. The Balaban J connectivity index is 1.45. The van der Waals surface area contributed by atoms with Crippen LogP contribution in [0.4, 0.5) is 4.79 Å². The van der Waals surface area contributed by atoms with Gasteiger partial charge in [0.1, 0.15) is 0 Å². The predicted octanol–water partition coefficient (Wildman–Crippen LogP) is 4.03. The van der Waals surface area contributed by atoms with Crippen molar-refractivity contribution in [1.29, 1.82) is 0 Å². The summed E-state index contributed by atoms with van der Waals surface area (Å²) in [5.74, 6) is -1.15. The van der Waals surface area contributed by atoms with Gasteiger partial charge in [-0.1, -0.05) is 55.1 Å². The van der Waals surface area contributed by atoms with E-state index in [4.69, 9.17) is 27.9 Å². The first-order valence-corrected chi connectivity index (χ1v) is 13.6. The number of ether oxygens (including phenoxy) is 1. The van der Waals surface area contributed by atoms with E-state index in [9.17, 15) is 22.8 Å². The minimum atomic E-state index is -3.83. The molecule has 0 spiro atoms. The molecule has 3 rings (SSSR count). The molecule has 0 unspecified atom stereocenters. The van der Waals surface area contributed by atoms with Gasteiger partial charge < -0.3 is 10.1 Å². The SMILES string of the molecule is C[C@@H]1CCCC[C@H]1NC(=O)NC(=O)COC(=O)c1ccc(CNS(=O)(=O)c2ccc(Cl)c(Cl)c2)cc1. The van der Waals surface area contributed by atoms with Crippen LogP contribution in [0.25, 0.3) is 0 Å². The number of imide groups is 1. The van der Waals surface area contributed by atoms with E-state index < -0.39 is 34.5 Å². The largest absolute Gasteiger partial charge is 0.452 e. The maximum absolute atomic E-state index is 12.4. The Labute approximate surface area is 219 Å². The van der Waals surface area contributed by atoms with Crippen molar-refractivity contribution in [3.63, 3.8) is 0 Å². The number of carbonyl (C=O) groups excluding carboxylic acids is 3. The smallest absolute Gasteiger partial charge is 0.338 e. The third kappa shape index (κ3) is 7.92. The van der Waals surface area contributed by atoms with Gasteiger partial charge in [-0.25, -0.2) is 22.7 Å². The van der Waals surface area contributed by atoms with Crippen molar-refractivity contribution in [1.82, 2.24) is 15.4 Å². The first-order chi connectivity index (χ1) is 17.0. The topological polar surface area (TPSA) is 131 Å². The van der Waals surface area contributed by atoms with E-state index in [-0.39, 0.29) is 33.1 Å². The van der Waals surface area contributed by atoms with Gasteiger partial charge in [0.05, 0.1) is 20.5 Å². The molecule has 0 saturated heterocycles. The third-order valence-corrected chi connectivity index (χ3v) is 8.01. The predicted molar refractivity (Wildman–Crippen MR) is 135 cm³/mol. The minimum Gasteiger partial charge on any atom is -0.452 e. The molecule has 3 N–H and O–H groups in total. The Bertz CT molecular complexity index is 1220. The fourth-order valence-corrected chi connectivity index (χ4v) is 5.18. The molecule has 0 heterocycles. The molecule has 194 valence electrons. The van der Waals surface area contributed by atoms with Crippen LogP contribution in [0.2, 0.25) is 10.0 Å². The Morgan fingerprint density at radius 3 is 2.36 bits per heavy atom. The summed E-state index contributed by atoms with van der Waals surface area (Å²) in [6.07, 6.45) is 4.05. The minimum absolute atomic E-state index is 0.0149. The Morgan fingerprint density at radius 1 is 1.00 bits per heavy atom. The Kier molecular flexibility index (Phi) is 9.72. The highest BCUT2D eigenvalue weighted by atomic mass is 35.5. The highest BCUT2D eigenvalue weighted by molar-refractivity contribution is 7.89. The summed E-state index contributed by atoms with van der Waals surface area (Å²) in [5.41, 5.74) is 0.751. The summed E-state index contributed by atoms with van der Waals surface area (Å²) < 4.78 is 32.3. The van der Waals surface area contributed by atoms with E-state index in [1.807, 2.05) is 0 Å². The number of hydrogen-bond acceptors (Lipinski definition) is 6. The molecule has 9 nitrogen and oxygen atoms in total. The lowest BCUT2D eigenvalue weighted by molar-refractivity contribution is -0.123. The number of hydrogen-bond donors (Lipinski definition) is 3. The molecule has 2 atom stereocenters. The maximum Gasteiger partial charge on any atom is 0.338 e. The zero-order chi connectivity index (χ0) is 26.3. The second-order valence-electron chi connectivity index (χ2n) is 8.56. The van der Waals surface area contributed by atoms with E-state index in [1.165, 1.54) is 30.3 Å². The van der Waals surface area contributed by atoms with Gasteiger partial charge in [-0.2, -0.15) is 0 Å². The second kappa shape index (κ2) is 12.5. The van der Waals surface area contributed by atoms with Crippen molar-refractivity contribution in [2.75, 3.05) is 6.61 Å². The number of rotatable bonds is 8. The highest BCUT2D eigenvalue weighted by Crippen LogP contribution is 2.25. The number of amides is 3. The van der Waals surface area contributed by atoms with Crippen molar-refractivity contribution >= 4 is 51.1 Å². The van der Waals surface area contributed by atoms with E-state index in [2.05, 4.69) is 22.3 Å². The molecule has 1 aliphatic carbocycles. The van der Waals surface area contributed by atoms with Crippen LogP contribution < -0.4 is 15.4 Å².